The van der Waals surface area contributed by atoms with Crippen LogP contribution in [0.3, 0.4) is 0 Å². The maximum Gasteiger partial charge on any atom is 0.265 e. The van der Waals surface area contributed by atoms with Crippen molar-refractivity contribution in [3.8, 4) is 21.8 Å². The minimum Gasteiger partial charge on any atom is -0.353 e. The van der Waals surface area contributed by atoms with Gasteiger partial charge in [0.25, 0.3) is 5.91 Å². The van der Waals surface area contributed by atoms with Gasteiger partial charge in [0.2, 0.25) is 0 Å². The summed E-state index contributed by atoms with van der Waals surface area (Å²) >= 11 is 1.36. The fraction of sp³-hybridized carbons (Fsp3) is 0.231. The highest BCUT2D eigenvalue weighted by molar-refractivity contribution is 7.17. The highest BCUT2D eigenvalue weighted by Crippen LogP contribution is 2.30. The second-order valence-corrected chi connectivity index (χ2v) is 9.24. The lowest BCUT2D eigenvalue weighted by Crippen LogP contribution is -2.49. The zero-order valence-corrected chi connectivity index (χ0v) is 19.8. The van der Waals surface area contributed by atoms with Crippen molar-refractivity contribution in [2.24, 2.45) is 0 Å². The first-order valence-electron chi connectivity index (χ1n) is 11.2. The van der Waals surface area contributed by atoms with Gasteiger partial charge in [-0.15, -0.1) is 11.3 Å². The first kappa shape index (κ1) is 22.2. The lowest BCUT2D eigenvalue weighted by Gasteiger charge is -2.35. The molecule has 6 nitrogen and oxygen atoms in total. The van der Waals surface area contributed by atoms with Crippen LogP contribution in [0.4, 0.5) is 10.2 Å². The molecule has 1 aliphatic heterocycles. The van der Waals surface area contributed by atoms with Crippen molar-refractivity contribution >= 4 is 23.1 Å². The zero-order chi connectivity index (χ0) is 23.7. The summed E-state index contributed by atoms with van der Waals surface area (Å²) in [5.74, 6) is 1.31. The van der Waals surface area contributed by atoms with Crippen LogP contribution in [0.2, 0.25) is 0 Å². The summed E-state index contributed by atoms with van der Waals surface area (Å²) in [6.45, 7) is 6.35. The Balaban J connectivity index is 1.29. The third-order valence-corrected chi connectivity index (χ3v) is 7.06. The number of aromatic nitrogens is 3. The van der Waals surface area contributed by atoms with Gasteiger partial charge in [0, 0.05) is 43.4 Å². The zero-order valence-electron chi connectivity index (χ0n) is 19.0. The number of nitrogens with zero attached hydrogens (tertiary/aromatic N) is 5. The quantitative estimate of drug-likeness (QED) is 0.418. The highest BCUT2D eigenvalue weighted by atomic mass is 32.1. The second-order valence-electron chi connectivity index (χ2n) is 8.24. The fourth-order valence-corrected chi connectivity index (χ4v) is 5.10. The van der Waals surface area contributed by atoms with Crippen LogP contribution in [-0.4, -0.2) is 51.9 Å². The van der Waals surface area contributed by atoms with Gasteiger partial charge < -0.3 is 9.80 Å². The third-order valence-electron chi connectivity index (χ3n) is 5.87. The van der Waals surface area contributed by atoms with Gasteiger partial charge in [0.15, 0.2) is 0 Å². The van der Waals surface area contributed by atoms with Crippen LogP contribution in [0.15, 0.2) is 60.7 Å². The van der Waals surface area contributed by atoms with Crippen molar-refractivity contribution in [2.75, 3.05) is 31.1 Å². The van der Waals surface area contributed by atoms with E-state index in [1.165, 1.54) is 23.5 Å². The maximum absolute atomic E-state index is 13.3. The van der Waals surface area contributed by atoms with E-state index < -0.39 is 0 Å². The van der Waals surface area contributed by atoms with E-state index in [0.29, 0.717) is 36.8 Å². The van der Waals surface area contributed by atoms with Gasteiger partial charge in [-0.2, -0.15) is 0 Å². The van der Waals surface area contributed by atoms with Crippen molar-refractivity contribution in [3.63, 3.8) is 0 Å². The number of hydrogen-bond acceptors (Lipinski definition) is 6. The van der Waals surface area contributed by atoms with Gasteiger partial charge >= 0.3 is 0 Å². The molecule has 0 saturated carbocycles. The lowest BCUT2D eigenvalue weighted by molar-refractivity contribution is 0.0750. The molecule has 0 aliphatic carbocycles. The SMILES string of the molecule is Cc1nc(-c2ccccc2)cc(N2CCN(C(=O)c3sc(-c4ccc(F)cc4)nc3C)CC2)n1. The van der Waals surface area contributed by atoms with Crippen LogP contribution in [-0.2, 0) is 0 Å². The number of carbonyl (C=O) groups excluding carboxylic acids is 1. The number of thiazole rings is 1. The van der Waals surface area contributed by atoms with E-state index in [0.717, 1.165) is 33.5 Å². The predicted octanol–water partition coefficient (Wildman–Crippen LogP) is 4.99. The first-order chi connectivity index (χ1) is 16.5. The minimum atomic E-state index is -0.291. The molecular formula is C26H24FN5OS. The molecule has 0 N–H and O–H groups in total. The fourth-order valence-electron chi connectivity index (χ4n) is 4.06. The van der Waals surface area contributed by atoms with Crippen LogP contribution in [0.1, 0.15) is 21.2 Å². The van der Waals surface area contributed by atoms with Gasteiger partial charge in [0.1, 0.15) is 27.3 Å². The summed E-state index contributed by atoms with van der Waals surface area (Å²) in [6.07, 6.45) is 0. The van der Waals surface area contributed by atoms with Crippen LogP contribution >= 0.6 is 11.3 Å². The van der Waals surface area contributed by atoms with Gasteiger partial charge in [-0.3, -0.25) is 4.79 Å². The molecular weight excluding hydrogens is 449 g/mol. The van der Waals surface area contributed by atoms with Gasteiger partial charge in [-0.1, -0.05) is 30.3 Å². The highest BCUT2D eigenvalue weighted by Gasteiger charge is 2.26. The Morgan fingerprint density at radius 2 is 1.59 bits per heavy atom. The van der Waals surface area contributed by atoms with Crippen molar-refractivity contribution in [1.29, 1.82) is 0 Å². The molecule has 0 spiro atoms. The molecule has 4 aromatic rings. The van der Waals surface area contributed by atoms with Gasteiger partial charge in [-0.25, -0.2) is 19.3 Å². The average Bonchev–Trinajstić information content (AvgIpc) is 3.25. The third kappa shape index (κ3) is 4.54. The monoisotopic (exact) mass is 473 g/mol. The average molecular weight is 474 g/mol. The van der Waals surface area contributed by atoms with Gasteiger partial charge in [-0.05, 0) is 38.1 Å². The summed E-state index contributed by atoms with van der Waals surface area (Å²) in [4.78, 5) is 31.8. The molecule has 2 aromatic carbocycles. The number of benzene rings is 2. The van der Waals surface area contributed by atoms with Crippen LogP contribution < -0.4 is 4.90 Å². The van der Waals surface area contributed by atoms with Crippen molar-refractivity contribution in [2.45, 2.75) is 13.8 Å². The van der Waals surface area contributed by atoms with E-state index in [-0.39, 0.29) is 11.7 Å². The summed E-state index contributed by atoms with van der Waals surface area (Å²) < 4.78 is 13.3. The number of amides is 1. The molecule has 1 amide bonds. The number of carbonyl (C=O) groups is 1. The Kier molecular flexibility index (Phi) is 6.06. The molecule has 0 bridgehead atoms. The van der Waals surface area contributed by atoms with E-state index >= 15 is 0 Å². The Morgan fingerprint density at radius 3 is 2.29 bits per heavy atom. The molecule has 0 unspecified atom stereocenters. The van der Waals surface area contributed by atoms with E-state index in [1.807, 2.05) is 55.1 Å². The van der Waals surface area contributed by atoms with Crippen LogP contribution in [0.5, 0.6) is 0 Å². The minimum absolute atomic E-state index is 0.00754. The first-order valence-corrected chi connectivity index (χ1v) is 12.0. The molecule has 3 heterocycles. The van der Waals surface area contributed by atoms with Gasteiger partial charge in [0.05, 0.1) is 11.4 Å². The van der Waals surface area contributed by atoms with E-state index in [1.54, 1.807) is 12.1 Å². The summed E-state index contributed by atoms with van der Waals surface area (Å²) in [6, 6.07) is 18.3. The largest absolute Gasteiger partial charge is 0.353 e. The van der Waals surface area contributed by atoms with E-state index in [2.05, 4.69) is 19.9 Å². The normalized spacial score (nSPS) is 13.9. The molecule has 2 aromatic heterocycles. The Morgan fingerprint density at radius 1 is 0.882 bits per heavy atom. The summed E-state index contributed by atoms with van der Waals surface area (Å²) in [7, 11) is 0. The van der Waals surface area contributed by atoms with Crippen LogP contribution in [0, 0.1) is 19.7 Å². The summed E-state index contributed by atoms with van der Waals surface area (Å²) in [5.41, 5.74) is 3.47. The predicted molar refractivity (Wildman–Crippen MR) is 133 cm³/mol. The molecule has 1 saturated heterocycles. The maximum atomic E-state index is 13.3. The van der Waals surface area contributed by atoms with Crippen molar-refractivity contribution in [3.05, 3.63) is 82.9 Å². The molecule has 5 rings (SSSR count). The smallest absolute Gasteiger partial charge is 0.265 e. The van der Waals surface area contributed by atoms with Crippen molar-refractivity contribution < 1.29 is 9.18 Å². The van der Waals surface area contributed by atoms with Crippen molar-refractivity contribution in [1.82, 2.24) is 19.9 Å². The number of halogens is 1. The summed E-state index contributed by atoms with van der Waals surface area (Å²) in [5, 5.41) is 0.726. The van der Waals surface area contributed by atoms with E-state index in [9.17, 15) is 9.18 Å². The second kappa shape index (κ2) is 9.30. The molecule has 1 fully saturated rings. The Labute approximate surface area is 201 Å². The number of aryl methyl sites for hydroxylation is 2. The standard InChI is InChI=1S/C26H24FN5OS/c1-17-24(34-25(28-17)20-8-10-21(27)11-9-20)26(33)32-14-12-31(13-15-32)23-16-22(29-18(2)30-23)19-6-4-3-5-7-19/h3-11,16H,12-15H2,1-2H3. The molecule has 0 radical (unpaired) electrons. The number of hydrogen-bond donors (Lipinski definition) is 0. The number of rotatable bonds is 4. The molecule has 1 aliphatic rings. The Bertz CT molecular complexity index is 1320. The van der Waals surface area contributed by atoms with Crippen LogP contribution in [0.25, 0.3) is 21.8 Å². The lowest BCUT2D eigenvalue weighted by atomic mass is 10.1. The molecule has 8 heteroatoms. The molecule has 0 atom stereocenters. The van der Waals surface area contributed by atoms with E-state index in [4.69, 9.17) is 0 Å². The molecule has 34 heavy (non-hydrogen) atoms. The molecule has 172 valence electrons. The Hall–Kier alpha value is -3.65. The number of anilines is 1. The number of piperazine rings is 1. The topological polar surface area (TPSA) is 62.2 Å².